The van der Waals surface area contributed by atoms with Crippen molar-refractivity contribution in [1.82, 2.24) is 19.4 Å². The van der Waals surface area contributed by atoms with E-state index < -0.39 is 21.0 Å². The van der Waals surface area contributed by atoms with Crippen molar-refractivity contribution < 1.29 is 13.2 Å². The molecule has 0 amide bonds. The SMILES string of the molecule is CN1c2ccccc2CC(n2c(=O)c(C(=O)C3CC3)cc3cnc(Nc4ccc(N5CCN6CCCC6C5)cc4)nc32)S1(=O)=O. The summed E-state index contributed by atoms with van der Waals surface area (Å²) in [5.41, 5.74) is 2.81. The van der Waals surface area contributed by atoms with Gasteiger partial charge >= 0.3 is 0 Å². The quantitative estimate of drug-likeness (QED) is 0.318. The molecule has 0 spiro atoms. The van der Waals surface area contributed by atoms with Crippen LogP contribution in [0.5, 0.6) is 0 Å². The first-order valence-corrected chi connectivity index (χ1v) is 17.2. The Morgan fingerprint density at radius 1 is 1.00 bits per heavy atom. The molecule has 12 heteroatoms. The third kappa shape index (κ3) is 4.87. The first-order chi connectivity index (χ1) is 21.8. The molecule has 4 aliphatic rings. The summed E-state index contributed by atoms with van der Waals surface area (Å²) in [6.07, 6.45) is 5.60. The van der Waals surface area contributed by atoms with Gasteiger partial charge in [0.2, 0.25) is 5.95 Å². The van der Waals surface area contributed by atoms with E-state index in [2.05, 4.69) is 32.2 Å². The number of hydrogen-bond acceptors (Lipinski definition) is 9. The number of aromatic nitrogens is 3. The molecule has 3 aliphatic heterocycles. The van der Waals surface area contributed by atoms with Crippen LogP contribution in [-0.2, 0) is 16.4 Å². The second-order valence-electron chi connectivity index (χ2n) is 12.6. The second-order valence-corrected chi connectivity index (χ2v) is 14.7. The van der Waals surface area contributed by atoms with Crippen molar-refractivity contribution in [2.75, 3.05) is 47.7 Å². The molecular formula is C33H35N7O4S. The molecule has 0 bridgehead atoms. The third-order valence-corrected chi connectivity index (χ3v) is 11.8. The zero-order valence-corrected chi connectivity index (χ0v) is 25.9. The molecule has 2 unspecified atom stereocenters. The Hall–Kier alpha value is -4.29. The molecule has 3 fully saturated rings. The molecule has 232 valence electrons. The van der Waals surface area contributed by atoms with Crippen LogP contribution in [0.15, 0.2) is 65.6 Å². The molecule has 2 aromatic heterocycles. The summed E-state index contributed by atoms with van der Waals surface area (Å²) in [7, 11) is -2.53. The lowest BCUT2D eigenvalue weighted by Crippen LogP contribution is -2.50. The van der Waals surface area contributed by atoms with Crippen LogP contribution in [0.1, 0.15) is 47.0 Å². The highest BCUT2D eigenvalue weighted by molar-refractivity contribution is 7.92. The standard InChI is InChI=1S/C33H35N7O4S/c1-37-28-7-3-2-5-22(28)18-29(45(37,43)44)40-31-23(17-27(32(40)42)30(41)21-8-9-21)19-34-33(36-31)35-24-10-12-25(13-11-24)39-16-15-38-14-4-6-26(38)20-39/h2-3,5,7,10-13,17,19,21,26,29H,4,6,8-9,14-16,18,20H2,1H3,(H,34,35,36). The van der Waals surface area contributed by atoms with Crippen LogP contribution in [0.2, 0.25) is 0 Å². The van der Waals surface area contributed by atoms with E-state index in [1.165, 1.54) is 47.1 Å². The van der Waals surface area contributed by atoms with Gasteiger partial charge in [0.1, 0.15) is 5.65 Å². The Morgan fingerprint density at radius 2 is 1.80 bits per heavy atom. The summed E-state index contributed by atoms with van der Waals surface area (Å²) in [5.74, 6) is -0.234. The van der Waals surface area contributed by atoms with Gasteiger partial charge in [-0.3, -0.25) is 23.4 Å². The molecule has 11 nitrogen and oxygen atoms in total. The summed E-state index contributed by atoms with van der Waals surface area (Å²) in [4.78, 5) is 41.5. The number of hydrogen-bond donors (Lipinski definition) is 1. The van der Waals surface area contributed by atoms with Crippen molar-refractivity contribution >= 4 is 49.9 Å². The number of benzene rings is 2. The van der Waals surface area contributed by atoms with Crippen LogP contribution in [-0.4, -0.2) is 72.9 Å². The number of anilines is 4. The fraction of sp³-hybridized carbons (Fsp3) is 0.394. The molecule has 8 rings (SSSR count). The number of nitrogens with zero attached hydrogens (tertiary/aromatic N) is 6. The molecule has 45 heavy (non-hydrogen) atoms. The zero-order valence-electron chi connectivity index (χ0n) is 25.1. The van der Waals surface area contributed by atoms with Gasteiger partial charge in [0.15, 0.2) is 11.2 Å². The van der Waals surface area contributed by atoms with E-state index in [0.717, 1.165) is 43.7 Å². The van der Waals surface area contributed by atoms with Crippen molar-refractivity contribution in [3.63, 3.8) is 0 Å². The maximum Gasteiger partial charge on any atom is 0.264 e. The number of piperazine rings is 1. The number of fused-ring (bicyclic) bond motifs is 3. The smallest absolute Gasteiger partial charge is 0.264 e. The van der Waals surface area contributed by atoms with Crippen LogP contribution < -0.4 is 20.1 Å². The minimum absolute atomic E-state index is 0.0138. The van der Waals surface area contributed by atoms with E-state index >= 15 is 0 Å². The minimum Gasteiger partial charge on any atom is -0.369 e. The van der Waals surface area contributed by atoms with Gasteiger partial charge in [0.25, 0.3) is 15.6 Å². The number of nitrogens with one attached hydrogen (secondary N) is 1. The Kier molecular flexibility index (Phi) is 6.68. The normalized spacial score (nSPS) is 22.7. The van der Waals surface area contributed by atoms with Crippen molar-refractivity contribution in [1.29, 1.82) is 0 Å². The summed E-state index contributed by atoms with van der Waals surface area (Å²) in [6, 6.07) is 17.5. The lowest BCUT2D eigenvalue weighted by Gasteiger charge is -2.38. The lowest BCUT2D eigenvalue weighted by atomic mass is 10.1. The molecular weight excluding hydrogens is 590 g/mol. The fourth-order valence-corrected chi connectivity index (χ4v) is 8.80. The number of carbonyl (C=O) groups excluding carboxylic acids is 1. The van der Waals surface area contributed by atoms with Crippen LogP contribution in [0.25, 0.3) is 11.0 Å². The number of para-hydroxylation sites is 1. The monoisotopic (exact) mass is 625 g/mol. The Morgan fingerprint density at radius 3 is 2.60 bits per heavy atom. The summed E-state index contributed by atoms with van der Waals surface area (Å²) in [5, 5.41) is 2.39. The van der Waals surface area contributed by atoms with Gasteiger partial charge in [-0.15, -0.1) is 0 Å². The third-order valence-electron chi connectivity index (χ3n) is 9.80. The van der Waals surface area contributed by atoms with Crippen LogP contribution in [0.4, 0.5) is 23.0 Å². The van der Waals surface area contributed by atoms with Gasteiger partial charge in [-0.1, -0.05) is 18.2 Å². The maximum absolute atomic E-state index is 14.1. The van der Waals surface area contributed by atoms with E-state index in [0.29, 0.717) is 17.1 Å². The first kappa shape index (κ1) is 28.2. The predicted molar refractivity (Wildman–Crippen MR) is 174 cm³/mol. The van der Waals surface area contributed by atoms with Gasteiger partial charge in [0.05, 0.1) is 11.3 Å². The fourth-order valence-electron chi connectivity index (χ4n) is 7.13. The average Bonchev–Trinajstić information content (AvgIpc) is 3.80. The van der Waals surface area contributed by atoms with E-state index in [1.54, 1.807) is 18.3 Å². The van der Waals surface area contributed by atoms with Gasteiger partial charge in [0, 0.05) is 68.0 Å². The highest BCUT2D eigenvalue weighted by Crippen LogP contribution is 2.38. The number of carbonyl (C=O) groups is 1. The molecule has 0 radical (unpaired) electrons. The molecule has 1 saturated carbocycles. The van der Waals surface area contributed by atoms with Crippen LogP contribution in [0.3, 0.4) is 0 Å². The molecule has 2 saturated heterocycles. The Labute approximate surface area is 261 Å². The summed E-state index contributed by atoms with van der Waals surface area (Å²) >= 11 is 0. The van der Waals surface area contributed by atoms with E-state index in [9.17, 15) is 18.0 Å². The Balaban J connectivity index is 1.16. The van der Waals surface area contributed by atoms with Crippen molar-refractivity contribution in [2.45, 2.75) is 43.5 Å². The summed E-state index contributed by atoms with van der Waals surface area (Å²) < 4.78 is 30.2. The molecule has 4 aromatic rings. The van der Waals surface area contributed by atoms with Crippen LogP contribution >= 0.6 is 0 Å². The zero-order chi connectivity index (χ0) is 30.9. The molecule has 1 N–H and O–H groups in total. The van der Waals surface area contributed by atoms with E-state index in [-0.39, 0.29) is 35.3 Å². The van der Waals surface area contributed by atoms with Crippen LogP contribution in [0, 0.1) is 5.92 Å². The molecule has 2 aromatic carbocycles. The van der Waals surface area contributed by atoms with Crippen molar-refractivity contribution in [3.05, 3.63) is 82.3 Å². The molecule has 5 heterocycles. The van der Waals surface area contributed by atoms with Crippen molar-refractivity contribution in [3.8, 4) is 0 Å². The Bertz CT molecular complexity index is 1990. The van der Waals surface area contributed by atoms with E-state index in [1.807, 2.05) is 24.3 Å². The van der Waals surface area contributed by atoms with Gasteiger partial charge in [-0.05, 0) is 74.2 Å². The second kappa shape index (κ2) is 10.7. The number of Topliss-reactive ketones (excluding diaryl/α,β-unsaturated/α-hetero) is 1. The topological polar surface area (TPSA) is 121 Å². The predicted octanol–water partition coefficient (Wildman–Crippen LogP) is 3.93. The van der Waals surface area contributed by atoms with Crippen molar-refractivity contribution in [2.24, 2.45) is 5.92 Å². The van der Waals surface area contributed by atoms with E-state index in [4.69, 9.17) is 4.98 Å². The number of rotatable bonds is 6. The average molecular weight is 626 g/mol. The number of pyridine rings is 1. The largest absolute Gasteiger partial charge is 0.369 e. The van der Waals surface area contributed by atoms with Gasteiger partial charge in [-0.2, -0.15) is 4.98 Å². The highest BCUT2D eigenvalue weighted by Gasteiger charge is 2.41. The van der Waals surface area contributed by atoms with Gasteiger partial charge in [-0.25, -0.2) is 13.4 Å². The lowest BCUT2D eigenvalue weighted by molar-refractivity contribution is 0.0965. The number of ketones is 1. The molecule has 1 aliphatic carbocycles. The highest BCUT2D eigenvalue weighted by atomic mass is 32.2. The first-order valence-electron chi connectivity index (χ1n) is 15.7. The maximum atomic E-state index is 14.1. The minimum atomic E-state index is -4.03. The number of sulfonamides is 1. The summed E-state index contributed by atoms with van der Waals surface area (Å²) in [6.45, 7) is 4.33. The van der Waals surface area contributed by atoms with Gasteiger partial charge < -0.3 is 10.2 Å². The molecule has 2 atom stereocenters.